The van der Waals surface area contributed by atoms with Crippen molar-refractivity contribution in [2.24, 2.45) is 0 Å². The minimum absolute atomic E-state index is 0.151. The number of thiazole rings is 1. The van der Waals surface area contributed by atoms with E-state index >= 15 is 0 Å². The van der Waals surface area contributed by atoms with E-state index in [-0.39, 0.29) is 11.8 Å². The van der Waals surface area contributed by atoms with Crippen LogP contribution in [0.15, 0.2) is 29.8 Å². The van der Waals surface area contributed by atoms with Crippen molar-refractivity contribution in [3.8, 4) is 0 Å². The molecule has 0 radical (unpaired) electrons. The molecular weight excluding hydrogens is 346 g/mol. The molecule has 7 nitrogen and oxygen atoms in total. The molecule has 1 aromatic carbocycles. The summed E-state index contributed by atoms with van der Waals surface area (Å²) in [6, 6.07) is 4.79. The van der Waals surface area contributed by atoms with E-state index in [1.807, 2.05) is 0 Å². The summed E-state index contributed by atoms with van der Waals surface area (Å²) in [5.41, 5.74) is 2.01. The predicted octanol–water partition coefficient (Wildman–Crippen LogP) is 2.39. The molecule has 2 amide bonds. The number of nitrogens with zero attached hydrogens (tertiary/aromatic N) is 4. The fourth-order valence-corrected chi connectivity index (χ4v) is 3.89. The van der Waals surface area contributed by atoms with E-state index in [9.17, 15) is 9.59 Å². The first kappa shape index (κ1) is 15.2. The quantitative estimate of drug-likeness (QED) is 0.776. The van der Waals surface area contributed by atoms with E-state index in [1.165, 1.54) is 11.3 Å². The maximum atomic E-state index is 12.8. The van der Waals surface area contributed by atoms with Gasteiger partial charge in [-0.1, -0.05) is 0 Å². The Morgan fingerprint density at radius 1 is 1.25 bits per heavy atom. The number of fused-ring (bicyclic) bond motifs is 1. The maximum absolute atomic E-state index is 12.8. The van der Waals surface area contributed by atoms with Gasteiger partial charge in [-0.05, 0) is 31.0 Å². The molecule has 1 fully saturated rings. The van der Waals surface area contributed by atoms with E-state index in [4.69, 9.17) is 0 Å². The molecule has 4 rings (SSSR count). The fraction of sp³-hybridized carbons (Fsp3) is 0.267. The molecule has 0 bridgehead atoms. The fourth-order valence-electron chi connectivity index (χ4n) is 2.84. The Labute approximate surface area is 145 Å². The number of rotatable bonds is 3. The summed E-state index contributed by atoms with van der Waals surface area (Å²) in [7, 11) is 0. The smallest absolute Gasteiger partial charge is 0.254 e. The van der Waals surface area contributed by atoms with Crippen LogP contribution in [-0.4, -0.2) is 43.0 Å². The molecule has 122 valence electrons. The third-order valence-corrected chi connectivity index (χ3v) is 5.22. The molecule has 1 saturated heterocycles. The molecule has 24 heavy (non-hydrogen) atoms. The van der Waals surface area contributed by atoms with Crippen molar-refractivity contribution >= 4 is 51.0 Å². The van der Waals surface area contributed by atoms with Crippen LogP contribution in [0, 0.1) is 0 Å². The highest BCUT2D eigenvalue weighted by atomic mass is 32.1. The Morgan fingerprint density at radius 3 is 2.96 bits per heavy atom. The van der Waals surface area contributed by atoms with Crippen LogP contribution in [0.5, 0.6) is 0 Å². The molecule has 3 aromatic rings. The average Bonchev–Trinajstić information content (AvgIpc) is 3.33. The number of hydrogen-bond donors (Lipinski definition) is 1. The lowest BCUT2D eigenvalue weighted by molar-refractivity contribution is -0.119. The summed E-state index contributed by atoms with van der Waals surface area (Å²) < 4.78 is 8.30. The van der Waals surface area contributed by atoms with Crippen LogP contribution < -0.4 is 5.32 Å². The first-order valence-electron chi connectivity index (χ1n) is 7.46. The molecule has 3 heterocycles. The van der Waals surface area contributed by atoms with Gasteiger partial charge in [0.05, 0.1) is 11.7 Å². The molecule has 9 heteroatoms. The van der Waals surface area contributed by atoms with Crippen molar-refractivity contribution in [1.82, 2.24) is 18.6 Å². The molecule has 1 aliphatic heterocycles. The van der Waals surface area contributed by atoms with Gasteiger partial charge in [-0.15, -0.1) is 11.3 Å². The van der Waals surface area contributed by atoms with E-state index in [1.54, 1.807) is 34.7 Å². The first-order chi connectivity index (χ1) is 11.7. The van der Waals surface area contributed by atoms with Gasteiger partial charge in [0.15, 0.2) is 5.13 Å². The van der Waals surface area contributed by atoms with Crippen molar-refractivity contribution in [2.75, 3.05) is 11.9 Å². The third kappa shape index (κ3) is 2.76. The van der Waals surface area contributed by atoms with Gasteiger partial charge in [-0.2, -0.15) is 8.75 Å². The van der Waals surface area contributed by atoms with Gasteiger partial charge in [-0.3, -0.25) is 9.59 Å². The molecular formula is C15H13N5O2S2. The number of benzene rings is 1. The highest BCUT2D eigenvalue weighted by Crippen LogP contribution is 2.23. The molecule has 0 unspecified atom stereocenters. The minimum atomic E-state index is -0.467. The standard InChI is InChI=1S/C15H13N5O2S2/c21-13(17-15-16-5-7-23-15)12-2-1-6-20(12)14(22)9-3-4-10-11(8-9)19-24-18-10/h3-5,7-8,12H,1-2,6H2,(H,16,17,21)/t12-/m0/s1. The van der Waals surface area contributed by atoms with Crippen molar-refractivity contribution in [3.05, 3.63) is 35.3 Å². The van der Waals surface area contributed by atoms with E-state index in [0.717, 1.165) is 23.7 Å². The molecule has 1 N–H and O–H groups in total. The topological polar surface area (TPSA) is 88.1 Å². The molecule has 0 saturated carbocycles. The van der Waals surface area contributed by atoms with Crippen molar-refractivity contribution in [2.45, 2.75) is 18.9 Å². The van der Waals surface area contributed by atoms with E-state index in [2.05, 4.69) is 19.0 Å². The number of hydrogen-bond acceptors (Lipinski definition) is 7. The zero-order chi connectivity index (χ0) is 16.5. The number of anilines is 1. The Balaban J connectivity index is 1.55. The second-order valence-corrected chi connectivity index (χ2v) is 6.87. The van der Waals surface area contributed by atoms with Crippen LogP contribution >= 0.6 is 23.1 Å². The molecule has 1 aliphatic rings. The number of nitrogens with one attached hydrogen (secondary N) is 1. The SMILES string of the molecule is O=C(Nc1nccs1)[C@@H]1CCCN1C(=O)c1ccc2nsnc2c1. The monoisotopic (exact) mass is 359 g/mol. The minimum Gasteiger partial charge on any atom is -0.327 e. The number of carbonyl (C=O) groups excluding carboxylic acids is 2. The average molecular weight is 359 g/mol. The molecule has 1 atom stereocenters. The van der Waals surface area contributed by atoms with Gasteiger partial charge in [0, 0.05) is 23.7 Å². The zero-order valence-electron chi connectivity index (χ0n) is 12.5. The van der Waals surface area contributed by atoms with Crippen LogP contribution in [-0.2, 0) is 4.79 Å². The van der Waals surface area contributed by atoms with Crippen LogP contribution in [0.1, 0.15) is 23.2 Å². The molecule has 0 spiro atoms. The summed E-state index contributed by atoms with van der Waals surface area (Å²) in [5.74, 6) is -0.339. The van der Waals surface area contributed by atoms with Gasteiger partial charge in [0.2, 0.25) is 5.91 Å². The van der Waals surface area contributed by atoms with Gasteiger partial charge in [-0.25, -0.2) is 4.98 Å². The highest BCUT2D eigenvalue weighted by Gasteiger charge is 2.35. The normalized spacial score (nSPS) is 17.3. The second kappa shape index (κ2) is 6.25. The zero-order valence-corrected chi connectivity index (χ0v) is 14.1. The Morgan fingerprint density at radius 2 is 2.12 bits per heavy atom. The number of carbonyl (C=O) groups is 2. The van der Waals surface area contributed by atoms with Crippen LogP contribution in [0.25, 0.3) is 11.0 Å². The summed E-state index contributed by atoms with van der Waals surface area (Å²) in [6.07, 6.45) is 3.10. The largest absolute Gasteiger partial charge is 0.327 e. The van der Waals surface area contributed by atoms with Gasteiger partial charge < -0.3 is 10.2 Å². The van der Waals surface area contributed by atoms with Gasteiger partial charge >= 0.3 is 0 Å². The lowest BCUT2D eigenvalue weighted by Gasteiger charge is -2.23. The van der Waals surface area contributed by atoms with Crippen molar-refractivity contribution in [3.63, 3.8) is 0 Å². The van der Waals surface area contributed by atoms with E-state index in [0.29, 0.717) is 29.2 Å². The number of amides is 2. The Bertz CT molecular complexity index is 892. The maximum Gasteiger partial charge on any atom is 0.254 e. The third-order valence-electron chi connectivity index (χ3n) is 3.98. The predicted molar refractivity (Wildman–Crippen MR) is 92.2 cm³/mol. The number of likely N-dealkylation sites (tertiary alicyclic amines) is 1. The van der Waals surface area contributed by atoms with Gasteiger partial charge in [0.1, 0.15) is 17.1 Å². The van der Waals surface area contributed by atoms with Crippen LogP contribution in [0.4, 0.5) is 5.13 Å². The van der Waals surface area contributed by atoms with Crippen molar-refractivity contribution < 1.29 is 9.59 Å². The highest BCUT2D eigenvalue weighted by molar-refractivity contribution is 7.13. The summed E-state index contributed by atoms with van der Waals surface area (Å²) >= 11 is 2.48. The second-order valence-electron chi connectivity index (χ2n) is 5.45. The van der Waals surface area contributed by atoms with Crippen LogP contribution in [0.2, 0.25) is 0 Å². The van der Waals surface area contributed by atoms with Crippen LogP contribution in [0.3, 0.4) is 0 Å². The lowest BCUT2D eigenvalue weighted by Crippen LogP contribution is -2.43. The van der Waals surface area contributed by atoms with Gasteiger partial charge in [0.25, 0.3) is 5.91 Å². The molecule has 2 aromatic heterocycles. The first-order valence-corrected chi connectivity index (χ1v) is 9.07. The Hall–Kier alpha value is -2.39. The lowest BCUT2D eigenvalue weighted by atomic mass is 10.1. The Kier molecular flexibility index (Phi) is 3.95. The van der Waals surface area contributed by atoms with Crippen molar-refractivity contribution in [1.29, 1.82) is 0 Å². The summed E-state index contributed by atoms with van der Waals surface area (Å²) in [5, 5.41) is 5.13. The summed E-state index contributed by atoms with van der Waals surface area (Å²) in [4.78, 5) is 31.0. The summed E-state index contributed by atoms with van der Waals surface area (Å²) in [6.45, 7) is 0.572. The van der Waals surface area contributed by atoms with E-state index < -0.39 is 6.04 Å². The molecule has 0 aliphatic carbocycles. The number of aromatic nitrogens is 3.